The minimum Gasteiger partial charge on any atom is -0.210 e. The van der Waals surface area contributed by atoms with Gasteiger partial charge in [-0.2, -0.15) is 5.26 Å². The number of hydrogen-bond donors (Lipinski definition) is 1. The van der Waals surface area contributed by atoms with Crippen molar-refractivity contribution in [2.45, 2.75) is 9.79 Å². The van der Waals surface area contributed by atoms with Crippen LogP contribution in [0.5, 0.6) is 0 Å². The van der Waals surface area contributed by atoms with E-state index in [9.17, 15) is 8.42 Å². The van der Waals surface area contributed by atoms with E-state index in [1.165, 1.54) is 12.1 Å². The highest BCUT2D eigenvalue weighted by molar-refractivity contribution is 9.10. The van der Waals surface area contributed by atoms with Crippen LogP contribution in [-0.2, 0) is 10.0 Å². The summed E-state index contributed by atoms with van der Waals surface area (Å²) in [6.45, 7) is 0.294. The molecule has 0 heterocycles. The fraction of sp³-hybridized carbons (Fsp3) is 0.133. The molecule has 0 bridgehead atoms. The number of benzene rings is 2. The molecule has 0 amide bonds. The van der Waals surface area contributed by atoms with Gasteiger partial charge in [0.1, 0.15) is 6.07 Å². The summed E-state index contributed by atoms with van der Waals surface area (Å²) in [6.07, 6.45) is 0. The molecule has 2 rings (SSSR count). The van der Waals surface area contributed by atoms with Crippen LogP contribution in [0.1, 0.15) is 5.56 Å². The van der Waals surface area contributed by atoms with Gasteiger partial charge in [-0.3, -0.25) is 0 Å². The molecule has 0 aliphatic rings. The molecule has 22 heavy (non-hydrogen) atoms. The van der Waals surface area contributed by atoms with Gasteiger partial charge in [0, 0.05) is 21.7 Å². The summed E-state index contributed by atoms with van der Waals surface area (Å²) in [5.74, 6) is 0.607. The number of nitrogens with one attached hydrogen (secondary N) is 1. The maximum Gasteiger partial charge on any atom is 0.241 e. The van der Waals surface area contributed by atoms with Gasteiger partial charge in [-0.05, 0) is 36.4 Å². The predicted molar refractivity (Wildman–Crippen MR) is 91.2 cm³/mol. The van der Waals surface area contributed by atoms with Gasteiger partial charge in [0.05, 0.1) is 10.5 Å². The second kappa shape index (κ2) is 7.79. The number of rotatable bonds is 6. The molecule has 0 saturated heterocycles. The first-order chi connectivity index (χ1) is 10.5. The molecule has 2 aromatic rings. The summed E-state index contributed by atoms with van der Waals surface area (Å²) in [5.41, 5.74) is 0.149. The predicted octanol–water partition coefficient (Wildman–Crippen LogP) is 3.39. The number of nitrogens with zero attached hydrogens (tertiary/aromatic N) is 1. The zero-order chi connectivity index (χ0) is 16.0. The molecule has 0 aliphatic carbocycles. The van der Waals surface area contributed by atoms with Crippen LogP contribution in [0.25, 0.3) is 0 Å². The van der Waals surface area contributed by atoms with E-state index in [-0.39, 0.29) is 10.5 Å². The van der Waals surface area contributed by atoms with E-state index >= 15 is 0 Å². The molecule has 0 spiro atoms. The Morgan fingerprint density at radius 2 is 1.82 bits per heavy atom. The molecule has 4 nitrogen and oxygen atoms in total. The molecule has 0 atom stereocenters. The lowest BCUT2D eigenvalue weighted by Gasteiger charge is -2.08. The highest BCUT2D eigenvalue weighted by Gasteiger charge is 2.17. The van der Waals surface area contributed by atoms with E-state index in [4.69, 9.17) is 5.26 Å². The number of hydrogen-bond acceptors (Lipinski definition) is 4. The van der Waals surface area contributed by atoms with Crippen LogP contribution < -0.4 is 4.72 Å². The number of thioether (sulfide) groups is 1. The van der Waals surface area contributed by atoms with E-state index in [1.807, 2.05) is 30.3 Å². The molecule has 114 valence electrons. The SMILES string of the molecule is N#Cc1ccccc1S(=O)(=O)NCCSc1ccc(Br)cc1. The summed E-state index contributed by atoms with van der Waals surface area (Å²) >= 11 is 4.93. The van der Waals surface area contributed by atoms with E-state index in [0.29, 0.717) is 12.3 Å². The molecule has 0 aliphatic heterocycles. The second-order valence-electron chi connectivity index (χ2n) is 4.31. The number of nitriles is 1. The molecular weight excluding hydrogens is 384 g/mol. The van der Waals surface area contributed by atoms with E-state index < -0.39 is 10.0 Å². The van der Waals surface area contributed by atoms with Crippen LogP contribution >= 0.6 is 27.7 Å². The fourth-order valence-electron chi connectivity index (χ4n) is 1.75. The minimum atomic E-state index is -3.66. The van der Waals surface area contributed by atoms with Gasteiger partial charge in [0.15, 0.2) is 0 Å². The lowest BCUT2D eigenvalue weighted by atomic mass is 10.2. The average molecular weight is 397 g/mol. The van der Waals surface area contributed by atoms with E-state index in [2.05, 4.69) is 20.7 Å². The standard InChI is InChI=1S/C15H13BrN2O2S2/c16-13-5-7-14(8-6-13)21-10-9-18-22(19,20)15-4-2-1-3-12(15)11-17/h1-8,18H,9-10H2. The average Bonchev–Trinajstić information content (AvgIpc) is 2.53. The van der Waals surface area contributed by atoms with Gasteiger partial charge in [-0.25, -0.2) is 13.1 Å². The number of sulfonamides is 1. The van der Waals surface area contributed by atoms with Gasteiger partial charge in [-0.1, -0.05) is 28.1 Å². The quantitative estimate of drug-likeness (QED) is 0.599. The van der Waals surface area contributed by atoms with Gasteiger partial charge < -0.3 is 0 Å². The van der Waals surface area contributed by atoms with Crippen molar-refractivity contribution in [2.24, 2.45) is 0 Å². The van der Waals surface area contributed by atoms with Gasteiger partial charge in [0.25, 0.3) is 0 Å². The molecule has 2 aromatic carbocycles. The Labute approximate surface area is 142 Å². The second-order valence-corrected chi connectivity index (χ2v) is 8.13. The third-order valence-corrected chi connectivity index (χ3v) is 5.84. The Kier molecular flexibility index (Phi) is 6.03. The Hall–Kier alpha value is -1.33. The summed E-state index contributed by atoms with van der Waals surface area (Å²) in [5, 5.41) is 8.97. The molecule has 0 saturated carbocycles. The zero-order valence-corrected chi connectivity index (χ0v) is 14.7. The van der Waals surface area contributed by atoms with Crippen molar-refractivity contribution in [1.82, 2.24) is 4.72 Å². The minimum absolute atomic E-state index is 0.0196. The molecule has 1 N–H and O–H groups in total. The van der Waals surface area contributed by atoms with Crippen LogP contribution in [0, 0.1) is 11.3 Å². The summed E-state index contributed by atoms with van der Waals surface area (Å²) in [6, 6.07) is 15.9. The third kappa shape index (κ3) is 4.58. The van der Waals surface area contributed by atoms with Crippen LogP contribution in [0.4, 0.5) is 0 Å². The van der Waals surface area contributed by atoms with Crippen molar-refractivity contribution in [3.8, 4) is 6.07 Å². The molecule has 0 radical (unpaired) electrons. The summed E-state index contributed by atoms with van der Waals surface area (Å²) in [4.78, 5) is 1.09. The van der Waals surface area contributed by atoms with Crippen molar-refractivity contribution in [1.29, 1.82) is 5.26 Å². The Balaban J connectivity index is 1.93. The molecule has 0 aromatic heterocycles. The first kappa shape index (κ1) is 17.0. The van der Waals surface area contributed by atoms with E-state index in [1.54, 1.807) is 23.9 Å². The third-order valence-electron chi connectivity index (χ3n) is 2.77. The smallest absolute Gasteiger partial charge is 0.210 e. The first-order valence-corrected chi connectivity index (χ1v) is 9.66. The molecule has 0 fully saturated rings. The molecular formula is C15H13BrN2O2S2. The van der Waals surface area contributed by atoms with Crippen molar-refractivity contribution < 1.29 is 8.42 Å². The maximum atomic E-state index is 12.2. The monoisotopic (exact) mass is 396 g/mol. The van der Waals surface area contributed by atoms with Gasteiger partial charge in [0.2, 0.25) is 10.0 Å². The van der Waals surface area contributed by atoms with Crippen LogP contribution in [0.3, 0.4) is 0 Å². The van der Waals surface area contributed by atoms with Crippen LogP contribution in [0.2, 0.25) is 0 Å². The number of halogens is 1. The van der Waals surface area contributed by atoms with Crippen molar-refractivity contribution in [2.75, 3.05) is 12.3 Å². The summed E-state index contributed by atoms with van der Waals surface area (Å²) < 4.78 is 27.9. The fourth-order valence-corrected chi connectivity index (χ4v) is 4.10. The normalized spacial score (nSPS) is 11.1. The topological polar surface area (TPSA) is 70.0 Å². The highest BCUT2D eigenvalue weighted by Crippen LogP contribution is 2.20. The highest BCUT2D eigenvalue weighted by atomic mass is 79.9. The van der Waals surface area contributed by atoms with Crippen LogP contribution in [-0.4, -0.2) is 20.7 Å². The van der Waals surface area contributed by atoms with Crippen molar-refractivity contribution >= 4 is 37.7 Å². The first-order valence-electron chi connectivity index (χ1n) is 6.40. The summed E-state index contributed by atoms with van der Waals surface area (Å²) in [7, 11) is -3.66. The lowest BCUT2D eigenvalue weighted by molar-refractivity contribution is 0.584. The maximum absolute atomic E-state index is 12.2. The van der Waals surface area contributed by atoms with Crippen LogP contribution in [0.15, 0.2) is 62.8 Å². The molecule has 7 heteroatoms. The van der Waals surface area contributed by atoms with Crippen molar-refractivity contribution in [3.63, 3.8) is 0 Å². The largest absolute Gasteiger partial charge is 0.241 e. The Morgan fingerprint density at radius 3 is 2.50 bits per heavy atom. The lowest BCUT2D eigenvalue weighted by Crippen LogP contribution is -2.26. The van der Waals surface area contributed by atoms with Crippen molar-refractivity contribution in [3.05, 3.63) is 58.6 Å². The van der Waals surface area contributed by atoms with Gasteiger partial charge in [-0.15, -0.1) is 11.8 Å². The van der Waals surface area contributed by atoms with E-state index in [0.717, 1.165) is 9.37 Å². The Morgan fingerprint density at radius 1 is 1.14 bits per heavy atom. The van der Waals surface area contributed by atoms with Gasteiger partial charge >= 0.3 is 0 Å². The Bertz CT molecular complexity index is 784. The zero-order valence-electron chi connectivity index (χ0n) is 11.5. The molecule has 0 unspecified atom stereocenters.